The van der Waals surface area contributed by atoms with Crippen molar-refractivity contribution < 1.29 is 13.9 Å². The van der Waals surface area contributed by atoms with Gasteiger partial charge in [-0.3, -0.25) is 4.79 Å². The molecule has 0 bridgehead atoms. The second-order valence-corrected chi connectivity index (χ2v) is 8.50. The van der Waals surface area contributed by atoms with E-state index in [1.54, 1.807) is 12.3 Å². The van der Waals surface area contributed by atoms with E-state index in [4.69, 9.17) is 9.47 Å². The van der Waals surface area contributed by atoms with E-state index in [-0.39, 0.29) is 37.9 Å². The zero-order valence-corrected chi connectivity index (χ0v) is 17.7. The number of hydrogen-bond acceptors (Lipinski definition) is 8. The summed E-state index contributed by atoms with van der Waals surface area (Å²) in [6.45, 7) is 0.131. The van der Waals surface area contributed by atoms with Gasteiger partial charge in [0.1, 0.15) is 11.6 Å². The average molecular weight is 451 g/mol. The van der Waals surface area contributed by atoms with Crippen LogP contribution < -0.4 is 10.3 Å². The Morgan fingerprint density at radius 2 is 1.81 bits per heavy atom. The van der Waals surface area contributed by atoms with Crippen LogP contribution in [0.5, 0.6) is 6.01 Å². The van der Waals surface area contributed by atoms with Gasteiger partial charge in [-0.15, -0.1) is 11.3 Å². The van der Waals surface area contributed by atoms with Gasteiger partial charge in [-0.2, -0.15) is 5.10 Å². The zero-order valence-electron chi connectivity index (χ0n) is 16.8. The molecule has 10 heteroatoms. The maximum Gasteiger partial charge on any atom is 0.316 e. The first kappa shape index (κ1) is 20.4. The summed E-state index contributed by atoms with van der Waals surface area (Å²) in [6, 6.07) is 13.1. The van der Waals surface area contributed by atoms with E-state index < -0.39 is 5.67 Å². The number of thiazole rings is 1. The van der Waals surface area contributed by atoms with Crippen molar-refractivity contribution in [2.45, 2.75) is 12.2 Å². The quantitative estimate of drug-likeness (QED) is 0.427. The number of halogens is 1. The fourth-order valence-corrected chi connectivity index (χ4v) is 3.99. The molecule has 1 fully saturated rings. The van der Waals surface area contributed by atoms with Crippen molar-refractivity contribution in [3.05, 3.63) is 76.4 Å². The molecule has 0 spiro atoms. The zero-order chi connectivity index (χ0) is 22.0. The highest BCUT2D eigenvalue weighted by atomic mass is 32.1. The number of rotatable bonds is 7. The lowest BCUT2D eigenvalue weighted by Gasteiger charge is -2.32. The molecule has 0 N–H and O–H groups in total. The van der Waals surface area contributed by atoms with E-state index in [0.717, 1.165) is 15.4 Å². The Morgan fingerprint density at radius 1 is 1.03 bits per heavy atom. The van der Waals surface area contributed by atoms with E-state index in [0.29, 0.717) is 11.3 Å². The first-order chi connectivity index (χ1) is 15.6. The molecular weight excluding hydrogens is 433 g/mol. The molecule has 32 heavy (non-hydrogen) atoms. The molecule has 0 aliphatic carbocycles. The van der Waals surface area contributed by atoms with Crippen molar-refractivity contribution in [2.75, 3.05) is 19.8 Å². The lowest BCUT2D eigenvalue weighted by atomic mass is 10.1. The van der Waals surface area contributed by atoms with Gasteiger partial charge < -0.3 is 9.47 Å². The number of nitrogens with zero attached hydrogens (tertiary/aromatic N) is 5. The summed E-state index contributed by atoms with van der Waals surface area (Å²) in [5.41, 5.74) is 0.507. The van der Waals surface area contributed by atoms with Crippen LogP contribution >= 0.6 is 11.3 Å². The molecule has 1 aliphatic rings. The van der Waals surface area contributed by atoms with Gasteiger partial charge in [0.15, 0.2) is 5.67 Å². The Balaban J connectivity index is 1.30. The molecule has 4 heterocycles. The molecule has 4 aromatic rings. The minimum Gasteiger partial charge on any atom is -0.460 e. The van der Waals surface area contributed by atoms with Crippen LogP contribution in [0.2, 0.25) is 0 Å². The standard InChI is InChI=1S/C22H18FN5O3S/c23-22(12-30-13-22)14-31-21-25-8-16(9-26-21)17-6-7-20(29)28(27-17)11-19-24-10-18(32-19)15-4-2-1-3-5-15/h1-10H,11-14H2. The Bertz CT molecular complexity index is 1270. The van der Waals surface area contributed by atoms with Crippen molar-refractivity contribution in [2.24, 2.45) is 0 Å². The third-order valence-corrected chi connectivity index (χ3v) is 5.90. The van der Waals surface area contributed by atoms with Gasteiger partial charge in [-0.1, -0.05) is 30.3 Å². The molecule has 1 aromatic carbocycles. The van der Waals surface area contributed by atoms with E-state index >= 15 is 0 Å². The van der Waals surface area contributed by atoms with Gasteiger partial charge >= 0.3 is 6.01 Å². The van der Waals surface area contributed by atoms with Crippen LogP contribution in [-0.4, -0.2) is 50.2 Å². The van der Waals surface area contributed by atoms with Crippen LogP contribution in [0, 0.1) is 0 Å². The number of ether oxygens (including phenoxy) is 2. The van der Waals surface area contributed by atoms with Crippen LogP contribution in [0.4, 0.5) is 4.39 Å². The smallest absolute Gasteiger partial charge is 0.316 e. The van der Waals surface area contributed by atoms with Crippen molar-refractivity contribution in [1.82, 2.24) is 24.7 Å². The van der Waals surface area contributed by atoms with E-state index in [2.05, 4.69) is 20.1 Å². The minimum atomic E-state index is -1.48. The third kappa shape index (κ3) is 4.41. The first-order valence-corrected chi connectivity index (χ1v) is 10.7. The Labute approximate surface area is 186 Å². The number of alkyl halides is 1. The van der Waals surface area contributed by atoms with E-state index in [1.807, 2.05) is 30.3 Å². The van der Waals surface area contributed by atoms with Crippen LogP contribution in [0.15, 0.2) is 65.8 Å². The minimum absolute atomic E-state index is 0.0164. The summed E-state index contributed by atoms with van der Waals surface area (Å²) in [5, 5.41) is 5.20. The number of benzene rings is 1. The molecular formula is C22H18FN5O3S. The monoisotopic (exact) mass is 451 g/mol. The lowest BCUT2D eigenvalue weighted by Crippen LogP contribution is -2.50. The number of aromatic nitrogens is 5. The molecule has 1 aliphatic heterocycles. The Kier molecular flexibility index (Phi) is 5.46. The molecule has 3 aromatic heterocycles. The molecule has 0 unspecified atom stereocenters. The lowest BCUT2D eigenvalue weighted by molar-refractivity contribution is -0.147. The second kappa shape index (κ2) is 8.56. The number of hydrogen-bond donors (Lipinski definition) is 0. The molecule has 0 amide bonds. The van der Waals surface area contributed by atoms with Gasteiger partial charge in [0.2, 0.25) is 0 Å². The van der Waals surface area contributed by atoms with E-state index in [1.165, 1.54) is 34.5 Å². The molecule has 0 saturated carbocycles. The third-order valence-electron chi connectivity index (χ3n) is 4.87. The van der Waals surface area contributed by atoms with Gasteiger partial charge in [-0.05, 0) is 11.6 Å². The molecule has 162 valence electrons. The van der Waals surface area contributed by atoms with Gasteiger partial charge in [0.05, 0.1) is 30.3 Å². The fourth-order valence-electron chi connectivity index (χ4n) is 3.09. The maximum atomic E-state index is 13.9. The van der Waals surface area contributed by atoms with Crippen molar-refractivity contribution in [1.29, 1.82) is 0 Å². The average Bonchev–Trinajstić information content (AvgIpc) is 3.27. The molecule has 5 rings (SSSR count). The topological polar surface area (TPSA) is 92.0 Å². The summed E-state index contributed by atoms with van der Waals surface area (Å²) < 4.78 is 25.5. The second-order valence-electron chi connectivity index (χ2n) is 7.39. The summed E-state index contributed by atoms with van der Waals surface area (Å²) >= 11 is 1.52. The van der Waals surface area contributed by atoms with Crippen LogP contribution in [-0.2, 0) is 11.3 Å². The molecule has 0 radical (unpaired) electrons. The van der Waals surface area contributed by atoms with Crippen LogP contribution in [0.25, 0.3) is 21.7 Å². The fraction of sp³-hybridized carbons (Fsp3) is 0.227. The molecule has 1 saturated heterocycles. The van der Waals surface area contributed by atoms with E-state index in [9.17, 15) is 9.18 Å². The highest BCUT2D eigenvalue weighted by molar-refractivity contribution is 7.15. The summed E-state index contributed by atoms with van der Waals surface area (Å²) in [6.07, 6.45) is 4.85. The maximum absolute atomic E-state index is 13.9. The Hall–Kier alpha value is -3.50. The van der Waals surface area contributed by atoms with Crippen LogP contribution in [0.1, 0.15) is 5.01 Å². The van der Waals surface area contributed by atoms with Crippen LogP contribution in [0.3, 0.4) is 0 Å². The van der Waals surface area contributed by atoms with Gasteiger partial charge in [0, 0.05) is 30.2 Å². The predicted molar refractivity (Wildman–Crippen MR) is 116 cm³/mol. The van der Waals surface area contributed by atoms with Gasteiger partial charge in [0.25, 0.3) is 5.56 Å². The molecule has 0 atom stereocenters. The normalized spacial score (nSPS) is 14.7. The van der Waals surface area contributed by atoms with Crippen molar-refractivity contribution >= 4 is 11.3 Å². The van der Waals surface area contributed by atoms with Crippen molar-refractivity contribution in [3.8, 4) is 27.7 Å². The molecule has 8 nitrogen and oxygen atoms in total. The highest BCUT2D eigenvalue weighted by Gasteiger charge is 2.40. The first-order valence-electron chi connectivity index (χ1n) is 9.88. The van der Waals surface area contributed by atoms with Gasteiger partial charge in [-0.25, -0.2) is 24.0 Å². The summed E-state index contributed by atoms with van der Waals surface area (Å²) in [5.74, 6) is 0. The summed E-state index contributed by atoms with van der Waals surface area (Å²) in [7, 11) is 0. The SMILES string of the molecule is O=c1ccc(-c2cnc(OCC3(F)COC3)nc2)nn1Cc1ncc(-c2ccccc2)s1. The summed E-state index contributed by atoms with van der Waals surface area (Å²) in [4.78, 5) is 26.0. The largest absolute Gasteiger partial charge is 0.460 e. The predicted octanol–water partition coefficient (Wildman–Crippen LogP) is 2.99. The highest BCUT2D eigenvalue weighted by Crippen LogP contribution is 2.26. The Morgan fingerprint density at radius 3 is 2.53 bits per heavy atom. The van der Waals surface area contributed by atoms with Crippen molar-refractivity contribution in [3.63, 3.8) is 0 Å².